The summed E-state index contributed by atoms with van der Waals surface area (Å²) in [6, 6.07) is 18.3. The lowest BCUT2D eigenvalue weighted by Crippen LogP contribution is -2.43. The van der Waals surface area contributed by atoms with E-state index >= 15 is 0 Å². The molecule has 0 aliphatic heterocycles. The maximum atomic E-state index is 12.6. The van der Waals surface area contributed by atoms with Gasteiger partial charge in [0.25, 0.3) is 0 Å². The molecule has 3 aromatic rings. The highest BCUT2D eigenvalue weighted by Crippen LogP contribution is 2.28. The maximum absolute atomic E-state index is 12.6. The van der Waals surface area contributed by atoms with Crippen molar-refractivity contribution in [3.05, 3.63) is 94.0 Å². The normalized spacial score (nSPS) is 12.7. The van der Waals surface area contributed by atoms with Crippen molar-refractivity contribution in [3.8, 4) is 5.75 Å². The van der Waals surface area contributed by atoms with E-state index in [2.05, 4.69) is 35.3 Å². The standard InChI is InChI=1S/C30H39N3O5S/c1-20-8-6-11-25(21(20)2)18-31-29(36)15-22-9-7-10-23(14-22)17-30(3,4)32-19-28(35)24-12-13-27(34)26(16-24)33-39(5,37)38/h6-14,16,28,32-35H,15,17-19H2,1-5H3,(H,31,36)/t28-/m1/s1. The number of hydrogen-bond acceptors (Lipinski definition) is 6. The Kier molecular flexibility index (Phi) is 9.77. The lowest BCUT2D eigenvalue weighted by molar-refractivity contribution is -0.120. The minimum atomic E-state index is -3.58. The smallest absolute Gasteiger partial charge is 0.229 e. The molecule has 0 aromatic heterocycles. The summed E-state index contributed by atoms with van der Waals surface area (Å²) in [6.07, 6.45) is 1.02. The van der Waals surface area contributed by atoms with Gasteiger partial charge >= 0.3 is 0 Å². The maximum Gasteiger partial charge on any atom is 0.229 e. The highest BCUT2D eigenvalue weighted by molar-refractivity contribution is 7.92. The number of aryl methyl sites for hydroxylation is 1. The predicted molar refractivity (Wildman–Crippen MR) is 155 cm³/mol. The average Bonchev–Trinajstić information content (AvgIpc) is 2.84. The van der Waals surface area contributed by atoms with E-state index in [4.69, 9.17) is 0 Å². The zero-order chi connectivity index (χ0) is 28.8. The molecule has 1 amide bonds. The third kappa shape index (κ3) is 9.38. The van der Waals surface area contributed by atoms with Crippen LogP contribution in [0.2, 0.25) is 0 Å². The van der Waals surface area contributed by atoms with Crippen molar-refractivity contribution in [2.24, 2.45) is 0 Å². The highest BCUT2D eigenvalue weighted by atomic mass is 32.2. The van der Waals surface area contributed by atoms with Crippen LogP contribution in [-0.2, 0) is 34.2 Å². The molecular formula is C30H39N3O5S. The van der Waals surface area contributed by atoms with Gasteiger partial charge in [-0.15, -0.1) is 0 Å². The van der Waals surface area contributed by atoms with E-state index in [-0.39, 0.29) is 35.8 Å². The van der Waals surface area contributed by atoms with Crippen LogP contribution in [0.5, 0.6) is 5.75 Å². The number of aliphatic hydroxyl groups excluding tert-OH is 1. The Hall–Kier alpha value is -3.40. The number of carbonyl (C=O) groups is 1. The van der Waals surface area contributed by atoms with Crippen LogP contribution in [0.3, 0.4) is 0 Å². The van der Waals surface area contributed by atoms with Gasteiger partial charge in [0.2, 0.25) is 15.9 Å². The van der Waals surface area contributed by atoms with E-state index in [1.807, 2.05) is 50.2 Å². The number of β-amino-alcohol motifs (C(OH)–C–C–N with tert-alkyl or cyclic N) is 1. The largest absolute Gasteiger partial charge is 0.506 e. The Balaban J connectivity index is 1.56. The Morgan fingerprint density at radius 3 is 2.41 bits per heavy atom. The van der Waals surface area contributed by atoms with Crippen molar-refractivity contribution in [1.29, 1.82) is 0 Å². The number of aliphatic hydroxyl groups is 1. The SMILES string of the molecule is Cc1cccc(CNC(=O)Cc2cccc(CC(C)(C)NC[C@@H](O)c3ccc(O)c(NS(C)(=O)=O)c3)c2)c1C. The van der Waals surface area contributed by atoms with Crippen molar-refractivity contribution in [2.45, 2.75) is 58.7 Å². The molecule has 0 saturated heterocycles. The first-order chi connectivity index (χ1) is 18.2. The second kappa shape index (κ2) is 12.6. The third-order valence-electron chi connectivity index (χ3n) is 6.67. The number of anilines is 1. The molecule has 9 heteroatoms. The molecule has 39 heavy (non-hydrogen) atoms. The fourth-order valence-electron chi connectivity index (χ4n) is 4.40. The monoisotopic (exact) mass is 553 g/mol. The molecule has 0 bridgehead atoms. The topological polar surface area (TPSA) is 128 Å². The summed E-state index contributed by atoms with van der Waals surface area (Å²) in [5, 5.41) is 27.0. The summed E-state index contributed by atoms with van der Waals surface area (Å²) in [7, 11) is -3.58. The van der Waals surface area contributed by atoms with Gasteiger partial charge in [-0.05, 0) is 79.6 Å². The van der Waals surface area contributed by atoms with Gasteiger partial charge in [-0.1, -0.05) is 48.5 Å². The van der Waals surface area contributed by atoms with Crippen LogP contribution in [-0.4, -0.2) is 42.9 Å². The summed E-state index contributed by atoms with van der Waals surface area (Å²) in [5.74, 6) is -0.254. The molecule has 0 saturated carbocycles. The number of carbonyl (C=O) groups excluding carboxylic acids is 1. The van der Waals surface area contributed by atoms with E-state index in [1.165, 1.54) is 23.3 Å². The molecule has 210 valence electrons. The molecule has 1 atom stereocenters. The van der Waals surface area contributed by atoms with Crippen LogP contribution in [0, 0.1) is 13.8 Å². The lowest BCUT2D eigenvalue weighted by atomic mass is 9.93. The van der Waals surface area contributed by atoms with Gasteiger partial charge in [0.05, 0.1) is 24.5 Å². The molecule has 0 radical (unpaired) electrons. The fourth-order valence-corrected chi connectivity index (χ4v) is 4.96. The predicted octanol–water partition coefficient (Wildman–Crippen LogP) is 3.88. The molecule has 5 N–H and O–H groups in total. The molecule has 3 rings (SSSR count). The van der Waals surface area contributed by atoms with Crippen molar-refractivity contribution in [3.63, 3.8) is 0 Å². The van der Waals surface area contributed by atoms with Crippen LogP contribution in [0.15, 0.2) is 60.7 Å². The second-order valence-electron chi connectivity index (χ2n) is 10.7. The van der Waals surface area contributed by atoms with Crippen LogP contribution < -0.4 is 15.4 Å². The molecule has 0 heterocycles. The Labute approximate surface area is 231 Å². The minimum absolute atomic E-state index is 0.0168. The van der Waals surface area contributed by atoms with E-state index in [0.29, 0.717) is 18.5 Å². The van der Waals surface area contributed by atoms with Gasteiger partial charge in [0.15, 0.2) is 0 Å². The van der Waals surface area contributed by atoms with Crippen molar-refractivity contribution >= 4 is 21.6 Å². The number of rotatable bonds is 12. The molecule has 3 aromatic carbocycles. The lowest BCUT2D eigenvalue weighted by Gasteiger charge is -2.28. The quantitative estimate of drug-likeness (QED) is 0.217. The third-order valence-corrected chi connectivity index (χ3v) is 7.26. The van der Waals surface area contributed by atoms with Gasteiger partial charge in [0, 0.05) is 18.6 Å². The summed E-state index contributed by atoms with van der Waals surface area (Å²) in [6.45, 7) is 8.89. The highest BCUT2D eigenvalue weighted by Gasteiger charge is 2.21. The number of aromatic hydroxyl groups is 1. The van der Waals surface area contributed by atoms with Gasteiger partial charge in [-0.3, -0.25) is 9.52 Å². The average molecular weight is 554 g/mol. The first-order valence-corrected chi connectivity index (χ1v) is 14.7. The molecule has 0 aliphatic carbocycles. The Morgan fingerprint density at radius 1 is 1.00 bits per heavy atom. The first-order valence-electron chi connectivity index (χ1n) is 12.9. The van der Waals surface area contributed by atoms with E-state index in [0.717, 1.165) is 22.9 Å². The zero-order valence-corrected chi connectivity index (χ0v) is 24.0. The van der Waals surface area contributed by atoms with Crippen LogP contribution >= 0.6 is 0 Å². The van der Waals surface area contributed by atoms with Gasteiger partial charge in [-0.2, -0.15) is 0 Å². The molecular weight excluding hydrogens is 514 g/mol. The van der Waals surface area contributed by atoms with Crippen LogP contribution in [0.4, 0.5) is 5.69 Å². The number of nitrogens with one attached hydrogen (secondary N) is 3. The summed E-state index contributed by atoms with van der Waals surface area (Å²) in [5.41, 5.74) is 5.60. The van der Waals surface area contributed by atoms with Crippen molar-refractivity contribution < 1.29 is 23.4 Å². The van der Waals surface area contributed by atoms with E-state index in [1.54, 1.807) is 6.07 Å². The van der Waals surface area contributed by atoms with Crippen molar-refractivity contribution in [1.82, 2.24) is 10.6 Å². The number of phenolic OH excluding ortho intramolecular Hbond substituents is 1. The van der Waals surface area contributed by atoms with Gasteiger partial charge in [0.1, 0.15) is 5.75 Å². The number of benzene rings is 3. The second-order valence-corrected chi connectivity index (χ2v) is 12.5. The fraction of sp³-hybridized carbons (Fsp3) is 0.367. The molecule has 8 nitrogen and oxygen atoms in total. The number of hydrogen-bond donors (Lipinski definition) is 5. The zero-order valence-electron chi connectivity index (χ0n) is 23.2. The minimum Gasteiger partial charge on any atom is -0.506 e. The summed E-state index contributed by atoms with van der Waals surface area (Å²) < 4.78 is 25.3. The van der Waals surface area contributed by atoms with Gasteiger partial charge in [-0.25, -0.2) is 8.42 Å². The van der Waals surface area contributed by atoms with Crippen LogP contribution in [0.25, 0.3) is 0 Å². The Morgan fingerprint density at radius 2 is 1.69 bits per heavy atom. The van der Waals surface area contributed by atoms with E-state index in [9.17, 15) is 23.4 Å². The van der Waals surface area contributed by atoms with E-state index < -0.39 is 16.1 Å². The van der Waals surface area contributed by atoms with Crippen molar-refractivity contribution in [2.75, 3.05) is 17.5 Å². The Bertz CT molecular complexity index is 1420. The molecule has 0 unspecified atom stereocenters. The van der Waals surface area contributed by atoms with Crippen LogP contribution in [0.1, 0.15) is 53.3 Å². The number of amides is 1. The number of phenols is 1. The molecule has 0 spiro atoms. The molecule has 0 aliphatic rings. The first kappa shape index (κ1) is 30.1. The molecule has 0 fully saturated rings. The summed E-state index contributed by atoms with van der Waals surface area (Å²) in [4.78, 5) is 12.6. The number of sulfonamides is 1. The van der Waals surface area contributed by atoms with Gasteiger partial charge < -0.3 is 20.8 Å². The summed E-state index contributed by atoms with van der Waals surface area (Å²) >= 11 is 0.